The van der Waals surface area contributed by atoms with Gasteiger partial charge in [0.05, 0.1) is 13.2 Å². The van der Waals surface area contributed by atoms with Crippen LogP contribution in [0, 0.1) is 6.92 Å². The Hall–Kier alpha value is -1.06. The summed E-state index contributed by atoms with van der Waals surface area (Å²) in [5.41, 5.74) is 2.66. The molecule has 0 bridgehead atoms. The van der Waals surface area contributed by atoms with Crippen LogP contribution in [-0.2, 0) is 4.74 Å². The Kier molecular flexibility index (Phi) is 4.25. The van der Waals surface area contributed by atoms with Gasteiger partial charge in [-0.1, -0.05) is 17.7 Å². The molecule has 0 amide bonds. The molecule has 1 aromatic carbocycles. The first kappa shape index (κ1) is 13.4. The highest BCUT2D eigenvalue weighted by atomic mass is 16.5. The van der Waals surface area contributed by atoms with E-state index in [-0.39, 0.29) is 5.54 Å². The summed E-state index contributed by atoms with van der Waals surface area (Å²) in [5.74, 6) is 0. The molecule has 0 saturated carbocycles. The molecule has 2 rings (SSSR count). The molecule has 0 aliphatic carbocycles. The fourth-order valence-corrected chi connectivity index (χ4v) is 2.31. The first-order valence-electron chi connectivity index (χ1n) is 6.71. The molecule has 1 N–H and O–H groups in total. The number of anilines is 1. The van der Waals surface area contributed by atoms with Crippen molar-refractivity contribution in [2.45, 2.75) is 26.3 Å². The molecular weight excluding hydrogens is 224 g/mol. The zero-order valence-corrected chi connectivity index (χ0v) is 11.7. The van der Waals surface area contributed by atoms with Crippen LogP contribution >= 0.6 is 0 Å². The molecular formula is C15H24N2O. The fraction of sp³-hybridized carbons (Fsp3) is 0.600. The molecule has 0 atom stereocenters. The maximum Gasteiger partial charge on any atom is 0.0645 e. The number of benzene rings is 1. The second kappa shape index (κ2) is 5.72. The van der Waals surface area contributed by atoms with Crippen LogP contribution in [0.25, 0.3) is 0 Å². The Bertz CT molecular complexity index is 373. The summed E-state index contributed by atoms with van der Waals surface area (Å²) in [6.07, 6.45) is 0. The molecule has 0 aromatic heterocycles. The van der Waals surface area contributed by atoms with Crippen molar-refractivity contribution in [3.05, 3.63) is 29.8 Å². The van der Waals surface area contributed by atoms with E-state index in [0.29, 0.717) is 0 Å². The van der Waals surface area contributed by atoms with Gasteiger partial charge in [-0.25, -0.2) is 0 Å². The Morgan fingerprint density at radius 3 is 2.67 bits per heavy atom. The van der Waals surface area contributed by atoms with Gasteiger partial charge < -0.3 is 10.1 Å². The molecule has 18 heavy (non-hydrogen) atoms. The number of nitrogens with one attached hydrogen (secondary N) is 1. The van der Waals surface area contributed by atoms with Gasteiger partial charge in [-0.15, -0.1) is 0 Å². The lowest BCUT2D eigenvalue weighted by atomic mass is 10.0. The van der Waals surface area contributed by atoms with E-state index in [0.717, 1.165) is 32.8 Å². The van der Waals surface area contributed by atoms with Crippen molar-refractivity contribution in [3.8, 4) is 0 Å². The van der Waals surface area contributed by atoms with E-state index in [1.807, 2.05) is 0 Å². The number of nitrogens with zero attached hydrogens (tertiary/aromatic N) is 1. The van der Waals surface area contributed by atoms with Crippen LogP contribution < -0.4 is 5.32 Å². The largest absolute Gasteiger partial charge is 0.384 e. The molecule has 1 aliphatic rings. The Balaban J connectivity index is 1.79. The molecule has 1 aromatic rings. The summed E-state index contributed by atoms with van der Waals surface area (Å²) >= 11 is 0. The number of hydrogen-bond donors (Lipinski definition) is 1. The lowest BCUT2D eigenvalue weighted by Crippen LogP contribution is -2.54. The molecule has 0 radical (unpaired) electrons. The van der Waals surface area contributed by atoms with Gasteiger partial charge in [-0.3, -0.25) is 4.90 Å². The van der Waals surface area contributed by atoms with Crippen molar-refractivity contribution in [1.29, 1.82) is 0 Å². The molecule has 1 fully saturated rings. The standard InChI is InChI=1S/C15H24N2O/c1-13-4-6-14(7-5-13)16-8-9-17-10-11-18-12-15(17,2)3/h4-7,16H,8-12H2,1-3H3. The zero-order chi connectivity index (χ0) is 13.0. The molecule has 100 valence electrons. The Morgan fingerprint density at radius 2 is 2.00 bits per heavy atom. The van der Waals surface area contributed by atoms with Crippen molar-refractivity contribution in [2.24, 2.45) is 0 Å². The zero-order valence-electron chi connectivity index (χ0n) is 11.7. The van der Waals surface area contributed by atoms with Gasteiger partial charge >= 0.3 is 0 Å². The lowest BCUT2D eigenvalue weighted by molar-refractivity contribution is -0.0487. The third-order valence-electron chi connectivity index (χ3n) is 3.58. The van der Waals surface area contributed by atoms with Gasteiger partial charge in [0.1, 0.15) is 0 Å². The predicted molar refractivity (Wildman–Crippen MR) is 76.1 cm³/mol. The molecule has 1 heterocycles. The summed E-state index contributed by atoms with van der Waals surface area (Å²) < 4.78 is 5.53. The number of morpholine rings is 1. The van der Waals surface area contributed by atoms with Crippen LogP contribution in [0.3, 0.4) is 0 Å². The van der Waals surface area contributed by atoms with Gasteiger partial charge in [0.15, 0.2) is 0 Å². The number of rotatable bonds is 4. The van der Waals surface area contributed by atoms with Crippen LogP contribution in [0.4, 0.5) is 5.69 Å². The maximum atomic E-state index is 5.53. The van der Waals surface area contributed by atoms with E-state index >= 15 is 0 Å². The highest BCUT2D eigenvalue weighted by molar-refractivity contribution is 5.44. The Morgan fingerprint density at radius 1 is 1.28 bits per heavy atom. The van der Waals surface area contributed by atoms with E-state index in [4.69, 9.17) is 4.74 Å². The van der Waals surface area contributed by atoms with Gasteiger partial charge in [0, 0.05) is 30.9 Å². The van der Waals surface area contributed by atoms with Crippen LogP contribution in [0.15, 0.2) is 24.3 Å². The first-order chi connectivity index (χ1) is 8.58. The van der Waals surface area contributed by atoms with E-state index in [1.54, 1.807) is 0 Å². The molecule has 1 aliphatic heterocycles. The Labute approximate surface area is 110 Å². The van der Waals surface area contributed by atoms with Crippen molar-refractivity contribution in [1.82, 2.24) is 4.90 Å². The molecule has 3 nitrogen and oxygen atoms in total. The van der Waals surface area contributed by atoms with Crippen molar-refractivity contribution in [3.63, 3.8) is 0 Å². The lowest BCUT2D eigenvalue weighted by Gasteiger charge is -2.42. The number of hydrogen-bond acceptors (Lipinski definition) is 3. The van der Waals surface area contributed by atoms with Crippen LogP contribution in [0.2, 0.25) is 0 Å². The van der Waals surface area contributed by atoms with E-state index < -0.39 is 0 Å². The number of aryl methyl sites for hydroxylation is 1. The third-order valence-corrected chi connectivity index (χ3v) is 3.58. The van der Waals surface area contributed by atoms with E-state index in [2.05, 4.69) is 55.3 Å². The molecule has 3 heteroatoms. The minimum atomic E-state index is 0.160. The average Bonchev–Trinajstić information content (AvgIpc) is 2.33. The minimum absolute atomic E-state index is 0.160. The quantitative estimate of drug-likeness (QED) is 0.886. The SMILES string of the molecule is Cc1ccc(NCCN2CCOCC2(C)C)cc1. The normalized spacial score (nSPS) is 19.7. The molecule has 0 unspecified atom stereocenters. The van der Waals surface area contributed by atoms with Crippen molar-refractivity contribution >= 4 is 5.69 Å². The smallest absolute Gasteiger partial charge is 0.0645 e. The second-order valence-corrected chi connectivity index (χ2v) is 5.64. The van der Waals surface area contributed by atoms with Crippen molar-refractivity contribution < 1.29 is 4.74 Å². The third kappa shape index (κ3) is 3.47. The first-order valence-corrected chi connectivity index (χ1v) is 6.71. The summed E-state index contributed by atoms with van der Waals surface area (Å²) in [4.78, 5) is 2.50. The van der Waals surface area contributed by atoms with E-state index in [1.165, 1.54) is 11.3 Å². The fourth-order valence-electron chi connectivity index (χ4n) is 2.31. The summed E-state index contributed by atoms with van der Waals surface area (Å²) in [5, 5.41) is 3.47. The van der Waals surface area contributed by atoms with Crippen LogP contribution in [0.1, 0.15) is 19.4 Å². The molecule has 1 saturated heterocycles. The summed E-state index contributed by atoms with van der Waals surface area (Å²) in [6.45, 7) is 11.4. The highest BCUT2D eigenvalue weighted by Gasteiger charge is 2.29. The van der Waals surface area contributed by atoms with Crippen molar-refractivity contribution in [2.75, 3.05) is 38.2 Å². The maximum absolute atomic E-state index is 5.53. The van der Waals surface area contributed by atoms with Gasteiger partial charge in [0.25, 0.3) is 0 Å². The minimum Gasteiger partial charge on any atom is -0.384 e. The van der Waals surface area contributed by atoms with Gasteiger partial charge in [-0.2, -0.15) is 0 Å². The van der Waals surface area contributed by atoms with Crippen LogP contribution in [0.5, 0.6) is 0 Å². The van der Waals surface area contributed by atoms with Crippen LogP contribution in [-0.4, -0.2) is 43.3 Å². The summed E-state index contributed by atoms with van der Waals surface area (Å²) in [6, 6.07) is 8.56. The van der Waals surface area contributed by atoms with E-state index in [9.17, 15) is 0 Å². The monoisotopic (exact) mass is 248 g/mol. The van der Waals surface area contributed by atoms with Gasteiger partial charge in [-0.05, 0) is 32.9 Å². The highest BCUT2D eigenvalue weighted by Crippen LogP contribution is 2.18. The number of ether oxygens (including phenoxy) is 1. The van der Waals surface area contributed by atoms with Gasteiger partial charge in [0.2, 0.25) is 0 Å². The predicted octanol–water partition coefficient (Wildman–Crippen LogP) is 2.52. The topological polar surface area (TPSA) is 24.5 Å². The second-order valence-electron chi connectivity index (χ2n) is 5.64. The summed E-state index contributed by atoms with van der Waals surface area (Å²) in [7, 11) is 0. The average molecular weight is 248 g/mol. The molecule has 0 spiro atoms.